The van der Waals surface area contributed by atoms with Crippen LogP contribution in [0, 0.1) is 20.8 Å². The summed E-state index contributed by atoms with van der Waals surface area (Å²) in [6.45, 7) is 5.83. The second-order valence-corrected chi connectivity index (χ2v) is 4.75. The Morgan fingerprint density at radius 3 is 2.56 bits per heavy atom. The molecule has 0 radical (unpaired) electrons. The molecule has 1 unspecified atom stereocenters. The maximum atomic E-state index is 10.3. The van der Waals surface area contributed by atoms with Crippen molar-refractivity contribution < 1.29 is 9.52 Å². The van der Waals surface area contributed by atoms with Gasteiger partial charge in [-0.3, -0.25) is 4.68 Å². The second-order valence-electron chi connectivity index (χ2n) is 4.75. The molecule has 4 nitrogen and oxygen atoms in total. The molecule has 0 aliphatic heterocycles. The molecule has 2 heterocycles. The van der Waals surface area contributed by atoms with Crippen LogP contribution >= 0.6 is 0 Å². The second kappa shape index (κ2) is 4.98. The van der Waals surface area contributed by atoms with Gasteiger partial charge in [0.2, 0.25) is 0 Å². The average Bonchev–Trinajstić information content (AvgIpc) is 2.81. The molecule has 0 fully saturated rings. The van der Waals surface area contributed by atoms with Crippen molar-refractivity contribution in [2.45, 2.75) is 39.7 Å². The third kappa shape index (κ3) is 2.34. The molecule has 0 bridgehead atoms. The first-order chi connectivity index (χ1) is 8.50. The summed E-state index contributed by atoms with van der Waals surface area (Å²) in [4.78, 5) is 0. The molecule has 2 aromatic heterocycles. The van der Waals surface area contributed by atoms with E-state index in [0.717, 1.165) is 34.8 Å². The molecule has 98 valence electrons. The standard InChI is InChI=1S/C14H20N2O2/c1-9-10(2)18-11(3)14(9)13(17)6-5-12-7-8-15-16(12)4/h7-8,13,17H,5-6H2,1-4H3. The Labute approximate surface area is 107 Å². The minimum Gasteiger partial charge on any atom is -0.466 e. The highest BCUT2D eigenvalue weighted by Crippen LogP contribution is 2.29. The molecule has 2 aromatic rings. The minimum absolute atomic E-state index is 0.475. The summed E-state index contributed by atoms with van der Waals surface area (Å²) >= 11 is 0. The zero-order valence-electron chi connectivity index (χ0n) is 11.4. The molecule has 0 spiro atoms. The van der Waals surface area contributed by atoms with Gasteiger partial charge in [0.25, 0.3) is 0 Å². The molecule has 0 aromatic carbocycles. The lowest BCUT2D eigenvalue weighted by atomic mass is 10.00. The summed E-state index contributed by atoms with van der Waals surface area (Å²) in [7, 11) is 1.92. The predicted molar refractivity (Wildman–Crippen MR) is 69.4 cm³/mol. The van der Waals surface area contributed by atoms with E-state index in [2.05, 4.69) is 5.10 Å². The van der Waals surface area contributed by atoms with Crippen molar-refractivity contribution in [2.75, 3.05) is 0 Å². The highest BCUT2D eigenvalue weighted by Gasteiger charge is 2.19. The molecule has 4 heteroatoms. The van der Waals surface area contributed by atoms with Gasteiger partial charge < -0.3 is 9.52 Å². The van der Waals surface area contributed by atoms with Crippen LogP contribution in [-0.2, 0) is 13.5 Å². The van der Waals surface area contributed by atoms with Gasteiger partial charge in [-0.05, 0) is 45.2 Å². The van der Waals surface area contributed by atoms with Crippen molar-refractivity contribution in [2.24, 2.45) is 7.05 Å². The number of furan rings is 1. The van der Waals surface area contributed by atoms with Crippen molar-refractivity contribution >= 4 is 0 Å². The summed E-state index contributed by atoms with van der Waals surface area (Å²) in [6.07, 6.45) is 2.79. The van der Waals surface area contributed by atoms with E-state index in [1.54, 1.807) is 6.20 Å². The van der Waals surface area contributed by atoms with Crippen molar-refractivity contribution in [1.82, 2.24) is 9.78 Å². The van der Waals surface area contributed by atoms with Crippen LogP contribution in [0.2, 0.25) is 0 Å². The monoisotopic (exact) mass is 248 g/mol. The maximum absolute atomic E-state index is 10.3. The van der Waals surface area contributed by atoms with E-state index in [1.165, 1.54) is 0 Å². The van der Waals surface area contributed by atoms with E-state index >= 15 is 0 Å². The summed E-state index contributed by atoms with van der Waals surface area (Å²) in [6, 6.07) is 1.98. The molecule has 18 heavy (non-hydrogen) atoms. The lowest BCUT2D eigenvalue weighted by Gasteiger charge is -2.11. The van der Waals surface area contributed by atoms with Crippen LogP contribution < -0.4 is 0 Å². The molecule has 0 saturated carbocycles. The van der Waals surface area contributed by atoms with Gasteiger partial charge in [-0.2, -0.15) is 5.10 Å². The fourth-order valence-corrected chi connectivity index (χ4v) is 2.37. The first kappa shape index (κ1) is 12.9. The lowest BCUT2D eigenvalue weighted by Crippen LogP contribution is -2.05. The number of rotatable bonds is 4. The highest BCUT2D eigenvalue weighted by atomic mass is 16.3. The highest BCUT2D eigenvalue weighted by molar-refractivity contribution is 5.33. The molecular weight excluding hydrogens is 228 g/mol. The third-order valence-electron chi connectivity index (χ3n) is 3.55. The number of hydrogen-bond donors (Lipinski definition) is 1. The molecule has 0 aliphatic rings. The number of nitrogens with zero attached hydrogens (tertiary/aromatic N) is 2. The first-order valence-electron chi connectivity index (χ1n) is 6.22. The SMILES string of the molecule is Cc1oc(C)c(C(O)CCc2ccnn2C)c1C. The van der Waals surface area contributed by atoms with Gasteiger partial charge in [-0.15, -0.1) is 0 Å². The summed E-state index contributed by atoms with van der Waals surface area (Å²) in [5.41, 5.74) is 3.13. The van der Waals surface area contributed by atoms with E-state index in [4.69, 9.17) is 4.42 Å². The van der Waals surface area contributed by atoms with Crippen LogP contribution in [0.4, 0.5) is 0 Å². The van der Waals surface area contributed by atoms with Crippen molar-refractivity contribution in [3.05, 3.63) is 40.6 Å². The molecule has 0 saturated heterocycles. The number of aliphatic hydroxyl groups is 1. The minimum atomic E-state index is -0.475. The van der Waals surface area contributed by atoms with E-state index in [9.17, 15) is 5.11 Å². The van der Waals surface area contributed by atoms with E-state index < -0.39 is 6.10 Å². The normalized spacial score (nSPS) is 12.9. The van der Waals surface area contributed by atoms with Gasteiger partial charge in [-0.1, -0.05) is 0 Å². The van der Waals surface area contributed by atoms with Crippen molar-refractivity contribution in [3.8, 4) is 0 Å². The van der Waals surface area contributed by atoms with Crippen molar-refractivity contribution in [1.29, 1.82) is 0 Å². The van der Waals surface area contributed by atoms with Crippen LogP contribution in [-0.4, -0.2) is 14.9 Å². The Balaban J connectivity index is 2.08. The van der Waals surface area contributed by atoms with Crippen LogP contribution in [0.3, 0.4) is 0 Å². The Morgan fingerprint density at radius 1 is 1.33 bits per heavy atom. The summed E-state index contributed by atoms with van der Waals surface area (Å²) < 4.78 is 7.39. The van der Waals surface area contributed by atoms with E-state index in [1.807, 2.05) is 38.6 Å². The number of aliphatic hydroxyl groups excluding tert-OH is 1. The fourth-order valence-electron chi connectivity index (χ4n) is 2.37. The van der Waals surface area contributed by atoms with Gasteiger partial charge in [0, 0.05) is 24.5 Å². The first-order valence-corrected chi connectivity index (χ1v) is 6.22. The van der Waals surface area contributed by atoms with Crippen LogP contribution in [0.15, 0.2) is 16.7 Å². The Hall–Kier alpha value is -1.55. The maximum Gasteiger partial charge on any atom is 0.107 e. The largest absolute Gasteiger partial charge is 0.466 e. The van der Waals surface area contributed by atoms with Gasteiger partial charge >= 0.3 is 0 Å². The molecule has 1 atom stereocenters. The third-order valence-corrected chi connectivity index (χ3v) is 3.55. The predicted octanol–water partition coefficient (Wildman–Crippen LogP) is 2.60. The molecular formula is C14H20N2O2. The Kier molecular flexibility index (Phi) is 3.57. The summed E-state index contributed by atoms with van der Waals surface area (Å²) in [5.74, 6) is 1.71. The fraction of sp³-hybridized carbons (Fsp3) is 0.500. The van der Waals surface area contributed by atoms with Crippen LogP contribution in [0.1, 0.15) is 40.9 Å². The Morgan fingerprint density at radius 2 is 2.06 bits per heavy atom. The molecule has 0 aliphatic carbocycles. The molecule has 1 N–H and O–H groups in total. The summed E-state index contributed by atoms with van der Waals surface area (Å²) in [5, 5.41) is 14.4. The average molecular weight is 248 g/mol. The Bertz CT molecular complexity index is 540. The van der Waals surface area contributed by atoms with Gasteiger partial charge in [0.1, 0.15) is 11.5 Å². The zero-order valence-corrected chi connectivity index (χ0v) is 11.4. The van der Waals surface area contributed by atoms with Gasteiger partial charge in [0.05, 0.1) is 6.10 Å². The number of aromatic nitrogens is 2. The molecule has 2 rings (SSSR count). The zero-order chi connectivity index (χ0) is 13.3. The van der Waals surface area contributed by atoms with Crippen molar-refractivity contribution in [3.63, 3.8) is 0 Å². The van der Waals surface area contributed by atoms with Crippen LogP contribution in [0.5, 0.6) is 0 Å². The molecule has 0 amide bonds. The van der Waals surface area contributed by atoms with Gasteiger partial charge in [-0.25, -0.2) is 0 Å². The van der Waals surface area contributed by atoms with E-state index in [-0.39, 0.29) is 0 Å². The smallest absolute Gasteiger partial charge is 0.107 e. The lowest BCUT2D eigenvalue weighted by molar-refractivity contribution is 0.164. The number of aryl methyl sites for hydroxylation is 4. The topological polar surface area (TPSA) is 51.2 Å². The van der Waals surface area contributed by atoms with E-state index in [0.29, 0.717) is 6.42 Å². The van der Waals surface area contributed by atoms with Gasteiger partial charge in [0.15, 0.2) is 0 Å². The number of hydrogen-bond acceptors (Lipinski definition) is 3. The quantitative estimate of drug-likeness (QED) is 0.904. The van der Waals surface area contributed by atoms with Crippen LogP contribution in [0.25, 0.3) is 0 Å².